The van der Waals surface area contributed by atoms with E-state index in [1.165, 1.54) is 12.0 Å². The van der Waals surface area contributed by atoms with Gasteiger partial charge in [0.25, 0.3) is 0 Å². The van der Waals surface area contributed by atoms with Crippen LogP contribution in [0.2, 0.25) is 0 Å². The van der Waals surface area contributed by atoms with Crippen molar-refractivity contribution in [3.05, 3.63) is 36.0 Å². The molecule has 0 aromatic heterocycles. The number of aliphatic hydroxyl groups excluding tert-OH is 1. The molecule has 4 unspecified atom stereocenters. The quantitative estimate of drug-likeness (QED) is 0.368. The molecule has 0 bridgehead atoms. The van der Waals surface area contributed by atoms with E-state index in [0.29, 0.717) is 24.9 Å². The molecule has 4 rings (SSSR count). The van der Waals surface area contributed by atoms with Gasteiger partial charge in [0.15, 0.2) is 0 Å². The fourth-order valence-electron chi connectivity index (χ4n) is 9.21. The van der Waals surface area contributed by atoms with Crippen LogP contribution in [-0.4, -0.2) is 23.8 Å². The molecule has 1 N–H and O–H groups in total. The number of hydrogen-bond acceptors (Lipinski definition) is 3. The summed E-state index contributed by atoms with van der Waals surface area (Å²) in [6, 6.07) is 0. The molecule has 1 aliphatic heterocycles. The Morgan fingerprint density at radius 3 is 2.27 bits per heavy atom. The molecule has 1 spiro atoms. The molecule has 184 valence electrons. The number of hydrogen-bond donors (Lipinski definition) is 1. The van der Waals surface area contributed by atoms with E-state index in [1.807, 2.05) is 0 Å². The smallest absolute Gasteiger partial charge is 0.306 e. The van der Waals surface area contributed by atoms with Gasteiger partial charge in [0, 0.05) is 5.41 Å². The SMILES string of the molecule is CC(C)=C/C=C/C=C/[C@@]1(C)CCC2[C@@]3(C)CCC(O)C(C)(C)C3CC[C@@]2(C)C12COC(=O)C2. The fourth-order valence-corrected chi connectivity index (χ4v) is 9.21. The van der Waals surface area contributed by atoms with Gasteiger partial charge in [0.1, 0.15) is 0 Å². The maximum Gasteiger partial charge on any atom is 0.306 e. The van der Waals surface area contributed by atoms with Crippen LogP contribution in [0.1, 0.15) is 93.4 Å². The topological polar surface area (TPSA) is 46.5 Å². The first-order chi connectivity index (χ1) is 15.3. The first-order valence-electron chi connectivity index (χ1n) is 13.2. The third-order valence-corrected chi connectivity index (χ3v) is 11.2. The normalized spacial score (nSPS) is 46.9. The summed E-state index contributed by atoms with van der Waals surface area (Å²) in [5, 5.41) is 10.9. The second-order valence-corrected chi connectivity index (χ2v) is 13.3. The summed E-state index contributed by atoms with van der Waals surface area (Å²) >= 11 is 0. The monoisotopic (exact) mass is 454 g/mol. The molecule has 1 saturated heterocycles. The minimum absolute atomic E-state index is 0.0248. The summed E-state index contributed by atoms with van der Waals surface area (Å²) in [5.74, 6) is 1.05. The van der Waals surface area contributed by atoms with Gasteiger partial charge >= 0.3 is 5.97 Å². The molecule has 4 fully saturated rings. The molecule has 3 heteroatoms. The van der Waals surface area contributed by atoms with Gasteiger partial charge in [-0.05, 0) is 85.9 Å². The van der Waals surface area contributed by atoms with Crippen molar-refractivity contribution in [1.29, 1.82) is 0 Å². The highest BCUT2D eigenvalue weighted by Crippen LogP contribution is 2.76. The van der Waals surface area contributed by atoms with Gasteiger partial charge in [0.05, 0.1) is 19.1 Å². The second kappa shape index (κ2) is 8.11. The van der Waals surface area contributed by atoms with Gasteiger partial charge in [-0.1, -0.05) is 70.6 Å². The lowest BCUT2D eigenvalue weighted by Gasteiger charge is -2.71. The molecule has 0 radical (unpaired) electrons. The summed E-state index contributed by atoms with van der Waals surface area (Å²) in [5.41, 5.74) is 1.23. The van der Waals surface area contributed by atoms with Gasteiger partial charge in [-0.25, -0.2) is 0 Å². The van der Waals surface area contributed by atoms with E-state index in [9.17, 15) is 9.90 Å². The number of ether oxygens (including phenoxy) is 1. The number of carbonyl (C=O) groups excluding carboxylic acids is 1. The molecule has 4 aliphatic rings. The first kappa shape index (κ1) is 24.8. The number of rotatable bonds is 3. The van der Waals surface area contributed by atoms with Crippen LogP contribution in [0.3, 0.4) is 0 Å². The van der Waals surface area contributed by atoms with Crippen LogP contribution in [-0.2, 0) is 9.53 Å². The van der Waals surface area contributed by atoms with Crippen molar-refractivity contribution in [2.24, 2.45) is 38.9 Å². The molecule has 33 heavy (non-hydrogen) atoms. The Kier molecular flexibility index (Phi) is 6.08. The Hall–Kier alpha value is -1.35. The van der Waals surface area contributed by atoms with Crippen molar-refractivity contribution < 1.29 is 14.6 Å². The van der Waals surface area contributed by atoms with Crippen LogP contribution >= 0.6 is 0 Å². The molecule has 0 amide bonds. The maximum absolute atomic E-state index is 12.7. The van der Waals surface area contributed by atoms with Crippen molar-refractivity contribution >= 4 is 5.97 Å². The van der Waals surface area contributed by atoms with Gasteiger partial charge in [0.2, 0.25) is 0 Å². The summed E-state index contributed by atoms with van der Waals surface area (Å²) < 4.78 is 5.80. The number of aliphatic hydroxyl groups is 1. The summed E-state index contributed by atoms with van der Waals surface area (Å²) in [7, 11) is 0. The summed E-state index contributed by atoms with van der Waals surface area (Å²) in [6.45, 7) is 16.7. The number of carbonyl (C=O) groups is 1. The number of esters is 1. The molecule has 0 aromatic carbocycles. The zero-order chi connectivity index (χ0) is 24.3. The predicted molar refractivity (Wildman–Crippen MR) is 135 cm³/mol. The van der Waals surface area contributed by atoms with Crippen molar-refractivity contribution in [3.8, 4) is 0 Å². The van der Waals surface area contributed by atoms with E-state index < -0.39 is 0 Å². The van der Waals surface area contributed by atoms with Crippen LogP contribution in [0.5, 0.6) is 0 Å². The Morgan fingerprint density at radius 1 is 0.939 bits per heavy atom. The molecule has 1 heterocycles. The van der Waals surface area contributed by atoms with Crippen LogP contribution in [0.25, 0.3) is 0 Å². The third-order valence-electron chi connectivity index (χ3n) is 11.2. The lowest BCUT2D eigenvalue weighted by molar-refractivity contribution is -0.237. The Labute approximate surface area is 201 Å². The second-order valence-electron chi connectivity index (χ2n) is 13.3. The Morgan fingerprint density at radius 2 is 1.64 bits per heavy atom. The van der Waals surface area contributed by atoms with E-state index in [0.717, 1.165) is 32.1 Å². The molecular formula is C30H46O3. The van der Waals surface area contributed by atoms with Gasteiger partial charge in [-0.3, -0.25) is 4.79 Å². The minimum atomic E-state index is -0.213. The van der Waals surface area contributed by atoms with Crippen molar-refractivity contribution in [2.75, 3.05) is 6.61 Å². The average Bonchev–Trinajstić information content (AvgIpc) is 3.13. The summed E-state index contributed by atoms with van der Waals surface area (Å²) in [6.07, 6.45) is 17.7. The van der Waals surface area contributed by atoms with Gasteiger partial charge in [-0.2, -0.15) is 0 Å². The van der Waals surface area contributed by atoms with E-state index >= 15 is 0 Å². The van der Waals surface area contributed by atoms with Crippen LogP contribution in [0.15, 0.2) is 36.0 Å². The molecule has 3 aliphatic carbocycles. The van der Waals surface area contributed by atoms with E-state index in [2.05, 4.69) is 78.8 Å². The average molecular weight is 455 g/mol. The number of fused-ring (bicyclic) bond motifs is 4. The third kappa shape index (κ3) is 3.51. The van der Waals surface area contributed by atoms with Crippen LogP contribution in [0.4, 0.5) is 0 Å². The van der Waals surface area contributed by atoms with Crippen LogP contribution < -0.4 is 0 Å². The highest BCUT2D eigenvalue weighted by molar-refractivity contribution is 5.73. The Balaban J connectivity index is 1.74. The van der Waals surface area contributed by atoms with E-state index in [4.69, 9.17) is 4.74 Å². The number of cyclic esters (lactones) is 1. The molecule has 3 nitrogen and oxygen atoms in total. The highest BCUT2D eigenvalue weighted by atomic mass is 16.5. The lowest BCUT2D eigenvalue weighted by Crippen LogP contribution is -2.67. The zero-order valence-corrected chi connectivity index (χ0v) is 22.0. The molecular weight excluding hydrogens is 408 g/mol. The number of allylic oxidation sites excluding steroid dienone is 6. The van der Waals surface area contributed by atoms with Gasteiger partial charge in [-0.15, -0.1) is 0 Å². The first-order valence-corrected chi connectivity index (χ1v) is 13.2. The molecule has 7 atom stereocenters. The van der Waals surface area contributed by atoms with E-state index in [1.54, 1.807) is 0 Å². The highest BCUT2D eigenvalue weighted by Gasteiger charge is 2.72. The zero-order valence-electron chi connectivity index (χ0n) is 22.0. The molecule has 3 saturated carbocycles. The maximum atomic E-state index is 12.7. The lowest BCUT2D eigenvalue weighted by atomic mass is 9.33. The van der Waals surface area contributed by atoms with Crippen molar-refractivity contribution in [1.82, 2.24) is 0 Å². The van der Waals surface area contributed by atoms with Crippen molar-refractivity contribution in [3.63, 3.8) is 0 Å². The standard InChI is InChI=1S/C30H46O3/c1-21(2)11-9-8-10-15-27(5)16-12-23-28(6)17-14-24(31)26(3,4)22(28)13-18-29(23,7)30(27)19-25(32)33-20-30/h8-11,15,22-24,31H,12-14,16-20H2,1-7H3/b9-8+,15-10+/t22?,23?,24?,27-,28-,29+,30?/m0/s1. The largest absolute Gasteiger partial charge is 0.465 e. The van der Waals surface area contributed by atoms with E-state index in [-0.39, 0.29) is 39.1 Å². The molecule has 0 aromatic rings. The minimum Gasteiger partial charge on any atom is -0.465 e. The summed E-state index contributed by atoms with van der Waals surface area (Å²) in [4.78, 5) is 12.7. The fraction of sp³-hybridized carbons (Fsp3) is 0.767. The van der Waals surface area contributed by atoms with Crippen LogP contribution in [0, 0.1) is 38.9 Å². The Bertz CT molecular complexity index is 877. The predicted octanol–water partition coefficient (Wildman–Crippen LogP) is 7.02. The van der Waals surface area contributed by atoms with Gasteiger partial charge < -0.3 is 9.84 Å². The van der Waals surface area contributed by atoms with Crippen molar-refractivity contribution in [2.45, 2.75) is 99.5 Å².